The molecule has 2 aromatic heterocycles. The monoisotopic (exact) mass is 292 g/mol. The van der Waals surface area contributed by atoms with Crippen molar-refractivity contribution in [2.75, 3.05) is 0 Å². The van der Waals surface area contributed by atoms with Crippen LogP contribution < -0.4 is 11.1 Å². The smallest absolute Gasteiger partial charge is 0.283 e. The van der Waals surface area contributed by atoms with Crippen molar-refractivity contribution in [2.45, 2.75) is 26.8 Å². The van der Waals surface area contributed by atoms with Crippen LogP contribution in [0.25, 0.3) is 11.7 Å². The Hall–Kier alpha value is -2.64. The molecule has 8 nitrogen and oxygen atoms in total. The molecule has 2 rings (SSSR count). The summed E-state index contributed by atoms with van der Waals surface area (Å²) in [5, 5.41) is 9.99. The van der Waals surface area contributed by atoms with Gasteiger partial charge in [-0.1, -0.05) is 20.8 Å². The van der Waals surface area contributed by atoms with Gasteiger partial charge < -0.3 is 19.9 Å². The molecule has 0 spiro atoms. The normalized spacial score (nSPS) is 12.9. The molecule has 3 N–H and O–H groups in total. The molecule has 0 saturated carbocycles. The first-order chi connectivity index (χ1) is 9.79. The van der Waals surface area contributed by atoms with Gasteiger partial charge >= 0.3 is 0 Å². The number of carbonyl (C=O) groups is 2. The van der Waals surface area contributed by atoms with E-state index in [4.69, 9.17) is 14.6 Å². The second-order valence-electron chi connectivity index (χ2n) is 5.48. The van der Waals surface area contributed by atoms with E-state index in [9.17, 15) is 9.59 Å². The number of nitrogens with two attached hydrogens (primary N) is 1. The third-order valence-corrected chi connectivity index (χ3v) is 2.66. The first kappa shape index (κ1) is 14.8. The van der Waals surface area contributed by atoms with Gasteiger partial charge in [0, 0.05) is 5.41 Å². The number of nitrogens with zero attached hydrogens (tertiary/aromatic N) is 2. The van der Waals surface area contributed by atoms with Crippen LogP contribution in [0.1, 0.15) is 32.7 Å². The predicted molar refractivity (Wildman–Crippen MR) is 71.5 cm³/mol. The number of aromatic nitrogens is 2. The van der Waals surface area contributed by atoms with E-state index < -0.39 is 17.4 Å². The van der Waals surface area contributed by atoms with Crippen LogP contribution in [-0.2, 0) is 9.59 Å². The molecular formula is C13H16N4O4. The fourth-order valence-electron chi connectivity index (χ4n) is 1.45. The van der Waals surface area contributed by atoms with Gasteiger partial charge in [-0.25, -0.2) is 0 Å². The Morgan fingerprint density at radius 1 is 1.33 bits per heavy atom. The number of rotatable bonds is 4. The number of hydrogen-bond acceptors (Lipinski definition) is 6. The molecule has 1 unspecified atom stereocenters. The van der Waals surface area contributed by atoms with Crippen molar-refractivity contribution in [1.82, 2.24) is 15.5 Å². The van der Waals surface area contributed by atoms with Crippen molar-refractivity contribution in [2.24, 2.45) is 11.1 Å². The summed E-state index contributed by atoms with van der Waals surface area (Å²) in [4.78, 5) is 23.5. The number of primary amides is 1. The Kier molecular flexibility index (Phi) is 3.79. The molecule has 0 aliphatic heterocycles. The number of hydrogen-bond donors (Lipinski definition) is 2. The zero-order valence-electron chi connectivity index (χ0n) is 11.9. The zero-order chi connectivity index (χ0) is 15.6. The highest BCUT2D eigenvalue weighted by Crippen LogP contribution is 2.22. The molecule has 0 radical (unpaired) electrons. The summed E-state index contributed by atoms with van der Waals surface area (Å²) < 4.78 is 10.4. The average molecular weight is 292 g/mol. The average Bonchev–Trinajstić information content (AvgIpc) is 3.04. The molecule has 0 fully saturated rings. The Balaban J connectivity index is 2.24. The maximum absolute atomic E-state index is 12.0. The quantitative estimate of drug-likeness (QED) is 0.866. The first-order valence-corrected chi connectivity index (χ1v) is 6.26. The van der Waals surface area contributed by atoms with Crippen LogP contribution >= 0.6 is 0 Å². The van der Waals surface area contributed by atoms with Crippen LogP contribution in [-0.4, -0.2) is 22.0 Å². The van der Waals surface area contributed by atoms with Crippen LogP contribution in [0.5, 0.6) is 0 Å². The van der Waals surface area contributed by atoms with Gasteiger partial charge in [-0.15, -0.1) is 10.2 Å². The number of nitrogens with one attached hydrogen (secondary N) is 1. The van der Waals surface area contributed by atoms with Gasteiger partial charge in [0.15, 0.2) is 11.8 Å². The minimum atomic E-state index is -1.19. The molecule has 8 heteroatoms. The number of carbonyl (C=O) groups excluding carboxylic acids is 2. The Bertz CT molecular complexity index is 639. The van der Waals surface area contributed by atoms with Crippen molar-refractivity contribution in [1.29, 1.82) is 0 Å². The fraction of sp³-hybridized carbons (Fsp3) is 0.385. The van der Waals surface area contributed by atoms with Gasteiger partial charge in [0.05, 0.1) is 6.26 Å². The SMILES string of the molecule is CC(C)(C)C(=O)NC(C(N)=O)c1nnc(-c2ccco2)o1. The van der Waals surface area contributed by atoms with Crippen LogP contribution in [0.4, 0.5) is 0 Å². The summed E-state index contributed by atoms with van der Waals surface area (Å²) in [5.74, 6) is -0.775. The van der Waals surface area contributed by atoms with Crippen LogP contribution in [0.15, 0.2) is 27.2 Å². The third-order valence-electron chi connectivity index (χ3n) is 2.66. The van der Waals surface area contributed by atoms with E-state index >= 15 is 0 Å². The van der Waals surface area contributed by atoms with Crippen LogP contribution in [0, 0.1) is 5.41 Å². The van der Waals surface area contributed by atoms with E-state index in [0.717, 1.165) is 0 Å². The van der Waals surface area contributed by atoms with Gasteiger partial charge in [0.1, 0.15) is 0 Å². The van der Waals surface area contributed by atoms with E-state index in [1.165, 1.54) is 6.26 Å². The Labute approximate surface area is 120 Å². The molecule has 0 aliphatic carbocycles. The summed E-state index contributed by atoms with van der Waals surface area (Å²) in [6.07, 6.45) is 1.45. The van der Waals surface area contributed by atoms with E-state index in [0.29, 0.717) is 5.76 Å². The lowest BCUT2D eigenvalue weighted by molar-refractivity contribution is -0.133. The van der Waals surface area contributed by atoms with Gasteiger partial charge in [0.2, 0.25) is 17.7 Å². The highest BCUT2D eigenvalue weighted by Gasteiger charge is 2.31. The molecule has 21 heavy (non-hydrogen) atoms. The number of furan rings is 1. The maximum Gasteiger partial charge on any atom is 0.283 e. The van der Waals surface area contributed by atoms with Gasteiger partial charge in [-0.3, -0.25) is 9.59 Å². The zero-order valence-corrected chi connectivity index (χ0v) is 11.9. The molecule has 0 aromatic carbocycles. The second-order valence-corrected chi connectivity index (χ2v) is 5.48. The summed E-state index contributed by atoms with van der Waals surface area (Å²) >= 11 is 0. The van der Waals surface area contributed by atoms with E-state index in [-0.39, 0.29) is 17.7 Å². The molecular weight excluding hydrogens is 276 g/mol. The number of amides is 2. The lowest BCUT2D eigenvalue weighted by atomic mass is 9.95. The first-order valence-electron chi connectivity index (χ1n) is 6.26. The largest absolute Gasteiger partial charge is 0.459 e. The molecule has 2 amide bonds. The van der Waals surface area contributed by atoms with Crippen LogP contribution in [0.3, 0.4) is 0 Å². The van der Waals surface area contributed by atoms with Crippen molar-refractivity contribution in [3.8, 4) is 11.7 Å². The van der Waals surface area contributed by atoms with Crippen molar-refractivity contribution >= 4 is 11.8 Å². The van der Waals surface area contributed by atoms with Gasteiger partial charge in [0.25, 0.3) is 5.89 Å². The summed E-state index contributed by atoms with van der Waals surface area (Å²) in [6.45, 7) is 5.13. The van der Waals surface area contributed by atoms with E-state index in [2.05, 4.69) is 15.5 Å². The Morgan fingerprint density at radius 3 is 2.57 bits per heavy atom. The lowest BCUT2D eigenvalue weighted by Crippen LogP contribution is -2.42. The molecule has 2 aromatic rings. The van der Waals surface area contributed by atoms with E-state index in [1.807, 2.05) is 0 Å². The van der Waals surface area contributed by atoms with Crippen molar-refractivity contribution in [3.05, 3.63) is 24.3 Å². The highest BCUT2D eigenvalue weighted by molar-refractivity contribution is 5.88. The molecule has 112 valence electrons. The molecule has 2 heterocycles. The summed E-state index contributed by atoms with van der Waals surface area (Å²) in [6, 6.07) is 2.10. The highest BCUT2D eigenvalue weighted by atomic mass is 16.4. The van der Waals surface area contributed by atoms with Crippen LogP contribution in [0.2, 0.25) is 0 Å². The van der Waals surface area contributed by atoms with Crippen molar-refractivity contribution in [3.63, 3.8) is 0 Å². The minimum absolute atomic E-state index is 0.0912. The maximum atomic E-state index is 12.0. The Morgan fingerprint density at radius 2 is 2.05 bits per heavy atom. The molecule has 0 aliphatic rings. The molecule has 0 saturated heterocycles. The predicted octanol–water partition coefficient (Wildman–Crippen LogP) is 1.02. The lowest BCUT2D eigenvalue weighted by Gasteiger charge is -2.20. The minimum Gasteiger partial charge on any atom is -0.459 e. The van der Waals surface area contributed by atoms with Gasteiger partial charge in [-0.2, -0.15) is 0 Å². The van der Waals surface area contributed by atoms with E-state index in [1.54, 1.807) is 32.9 Å². The summed E-state index contributed by atoms with van der Waals surface area (Å²) in [7, 11) is 0. The third kappa shape index (κ3) is 3.28. The summed E-state index contributed by atoms with van der Waals surface area (Å²) in [5.41, 5.74) is 4.60. The molecule has 1 atom stereocenters. The van der Waals surface area contributed by atoms with Gasteiger partial charge in [-0.05, 0) is 12.1 Å². The molecule has 0 bridgehead atoms. The standard InChI is InChI=1S/C13H16N4O4/c1-13(2,3)12(19)15-8(9(14)18)11-17-16-10(21-11)7-5-4-6-20-7/h4-6,8H,1-3H3,(H2,14,18)(H,15,19). The fourth-order valence-corrected chi connectivity index (χ4v) is 1.45. The topological polar surface area (TPSA) is 124 Å². The van der Waals surface area contributed by atoms with Crippen molar-refractivity contribution < 1.29 is 18.4 Å². The second kappa shape index (κ2) is 5.39.